The first-order chi connectivity index (χ1) is 6.81. The average molecular weight is 194 g/mol. The lowest BCUT2D eigenvalue weighted by atomic mass is 10.0. The van der Waals surface area contributed by atoms with Crippen LogP contribution in [-0.2, 0) is 0 Å². The highest BCUT2D eigenvalue weighted by Gasteiger charge is 2.07. The van der Waals surface area contributed by atoms with Crippen molar-refractivity contribution in [2.45, 2.75) is 25.8 Å². The fourth-order valence-electron chi connectivity index (χ4n) is 1.47. The fourth-order valence-corrected chi connectivity index (χ4v) is 1.47. The lowest BCUT2D eigenvalue weighted by Gasteiger charge is -2.15. The zero-order valence-corrected chi connectivity index (χ0v) is 8.79. The fraction of sp³-hybridized carbons (Fsp3) is 0.455. The van der Waals surface area contributed by atoms with Gasteiger partial charge in [0.15, 0.2) is 0 Å². The molecular formula is C11H18N2O. The van der Waals surface area contributed by atoms with Crippen molar-refractivity contribution in [2.75, 3.05) is 7.11 Å². The topological polar surface area (TPSA) is 47.3 Å². The van der Waals surface area contributed by atoms with Crippen LogP contribution >= 0.6 is 0 Å². The van der Waals surface area contributed by atoms with Gasteiger partial charge in [-0.25, -0.2) is 0 Å². The SMILES string of the molecule is CCC[C@H](NN)c1ccc(OC)cc1. The number of nitrogens with two attached hydrogens (primary N) is 1. The van der Waals surface area contributed by atoms with Crippen LogP contribution in [0.2, 0.25) is 0 Å². The van der Waals surface area contributed by atoms with E-state index in [4.69, 9.17) is 10.6 Å². The molecule has 0 aliphatic rings. The molecule has 14 heavy (non-hydrogen) atoms. The predicted molar refractivity (Wildman–Crippen MR) is 58.0 cm³/mol. The van der Waals surface area contributed by atoms with Crippen LogP contribution in [0.4, 0.5) is 0 Å². The zero-order chi connectivity index (χ0) is 10.4. The Labute approximate surface area is 85.2 Å². The van der Waals surface area contributed by atoms with E-state index in [1.807, 2.05) is 24.3 Å². The zero-order valence-electron chi connectivity index (χ0n) is 8.79. The molecule has 0 heterocycles. The van der Waals surface area contributed by atoms with Gasteiger partial charge in [0, 0.05) is 6.04 Å². The van der Waals surface area contributed by atoms with Crippen LogP contribution in [0.25, 0.3) is 0 Å². The van der Waals surface area contributed by atoms with E-state index in [9.17, 15) is 0 Å². The van der Waals surface area contributed by atoms with Gasteiger partial charge in [-0.05, 0) is 24.1 Å². The first-order valence-electron chi connectivity index (χ1n) is 4.92. The molecule has 3 N–H and O–H groups in total. The molecule has 78 valence electrons. The molecule has 0 aromatic heterocycles. The van der Waals surface area contributed by atoms with Crippen molar-refractivity contribution in [3.8, 4) is 5.75 Å². The molecule has 0 fully saturated rings. The van der Waals surface area contributed by atoms with Gasteiger partial charge in [-0.2, -0.15) is 0 Å². The van der Waals surface area contributed by atoms with Crippen LogP contribution < -0.4 is 16.0 Å². The third-order valence-electron chi connectivity index (χ3n) is 2.30. The van der Waals surface area contributed by atoms with Gasteiger partial charge in [-0.15, -0.1) is 0 Å². The number of methoxy groups -OCH3 is 1. The lowest BCUT2D eigenvalue weighted by Crippen LogP contribution is -2.27. The van der Waals surface area contributed by atoms with Crippen LogP contribution in [0, 0.1) is 0 Å². The van der Waals surface area contributed by atoms with Crippen LogP contribution in [0.3, 0.4) is 0 Å². The van der Waals surface area contributed by atoms with E-state index in [2.05, 4.69) is 12.3 Å². The van der Waals surface area contributed by atoms with Gasteiger partial charge in [0.1, 0.15) is 5.75 Å². The maximum absolute atomic E-state index is 5.48. The number of nitrogens with one attached hydrogen (secondary N) is 1. The summed E-state index contributed by atoms with van der Waals surface area (Å²) in [6.45, 7) is 2.15. The predicted octanol–water partition coefficient (Wildman–Crippen LogP) is 2.00. The number of rotatable bonds is 5. The molecule has 1 aromatic rings. The van der Waals surface area contributed by atoms with E-state index < -0.39 is 0 Å². The Morgan fingerprint density at radius 3 is 2.43 bits per heavy atom. The molecule has 0 unspecified atom stereocenters. The van der Waals surface area contributed by atoms with E-state index >= 15 is 0 Å². The smallest absolute Gasteiger partial charge is 0.118 e. The molecule has 1 rings (SSSR count). The van der Waals surface area contributed by atoms with Crippen molar-refractivity contribution < 1.29 is 4.74 Å². The minimum Gasteiger partial charge on any atom is -0.497 e. The van der Waals surface area contributed by atoms with Gasteiger partial charge in [-0.1, -0.05) is 25.5 Å². The molecule has 3 heteroatoms. The number of hydrogen-bond acceptors (Lipinski definition) is 3. The summed E-state index contributed by atoms with van der Waals surface area (Å²) in [5, 5.41) is 0. The van der Waals surface area contributed by atoms with Crippen LogP contribution in [0.15, 0.2) is 24.3 Å². The summed E-state index contributed by atoms with van der Waals surface area (Å²) >= 11 is 0. The Balaban J connectivity index is 2.73. The molecule has 0 amide bonds. The first-order valence-corrected chi connectivity index (χ1v) is 4.92. The molecule has 0 aliphatic carbocycles. The van der Waals surface area contributed by atoms with Gasteiger partial charge < -0.3 is 4.74 Å². The van der Waals surface area contributed by atoms with Gasteiger partial charge in [0.25, 0.3) is 0 Å². The van der Waals surface area contributed by atoms with Crippen molar-refractivity contribution in [3.63, 3.8) is 0 Å². The van der Waals surface area contributed by atoms with E-state index in [0.29, 0.717) is 0 Å². The van der Waals surface area contributed by atoms with E-state index in [-0.39, 0.29) is 6.04 Å². The molecule has 0 saturated heterocycles. The maximum atomic E-state index is 5.48. The second-order valence-corrected chi connectivity index (χ2v) is 3.28. The highest BCUT2D eigenvalue weighted by atomic mass is 16.5. The molecule has 0 aliphatic heterocycles. The first kappa shape index (κ1) is 11.0. The Kier molecular flexibility index (Phi) is 4.43. The van der Waals surface area contributed by atoms with E-state index in [1.165, 1.54) is 5.56 Å². The molecule has 3 nitrogen and oxygen atoms in total. The molecular weight excluding hydrogens is 176 g/mol. The largest absolute Gasteiger partial charge is 0.497 e. The van der Waals surface area contributed by atoms with Crippen molar-refractivity contribution >= 4 is 0 Å². The Morgan fingerprint density at radius 1 is 1.36 bits per heavy atom. The minimum atomic E-state index is 0.242. The third-order valence-corrected chi connectivity index (χ3v) is 2.30. The molecule has 0 bridgehead atoms. The summed E-state index contributed by atoms with van der Waals surface area (Å²) in [6, 6.07) is 8.23. The molecule has 0 saturated carbocycles. The van der Waals surface area contributed by atoms with Crippen LogP contribution in [0.5, 0.6) is 5.75 Å². The summed E-state index contributed by atoms with van der Waals surface area (Å²) in [5.74, 6) is 6.36. The van der Waals surface area contributed by atoms with Crippen molar-refractivity contribution in [1.29, 1.82) is 0 Å². The van der Waals surface area contributed by atoms with Crippen LogP contribution in [-0.4, -0.2) is 7.11 Å². The van der Waals surface area contributed by atoms with Crippen molar-refractivity contribution in [1.82, 2.24) is 5.43 Å². The third kappa shape index (κ3) is 2.72. The number of benzene rings is 1. The van der Waals surface area contributed by atoms with Gasteiger partial charge in [0.2, 0.25) is 0 Å². The Bertz CT molecular complexity index is 258. The lowest BCUT2D eigenvalue weighted by molar-refractivity contribution is 0.414. The molecule has 1 atom stereocenters. The second-order valence-electron chi connectivity index (χ2n) is 3.28. The average Bonchev–Trinajstić information content (AvgIpc) is 2.26. The summed E-state index contributed by atoms with van der Waals surface area (Å²) in [7, 11) is 1.67. The monoisotopic (exact) mass is 194 g/mol. The number of hydrogen-bond donors (Lipinski definition) is 2. The normalized spacial score (nSPS) is 12.5. The summed E-state index contributed by atoms with van der Waals surface area (Å²) in [4.78, 5) is 0. The van der Waals surface area contributed by atoms with Gasteiger partial charge in [-0.3, -0.25) is 11.3 Å². The van der Waals surface area contributed by atoms with Crippen molar-refractivity contribution in [2.24, 2.45) is 5.84 Å². The Morgan fingerprint density at radius 2 is 2.00 bits per heavy atom. The summed E-state index contributed by atoms with van der Waals surface area (Å²) < 4.78 is 5.09. The highest BCUT2D eigenvalue weighted by Crippen LogP contribution is 2.20. The summed E-state index contributed by atoms with van der Waals surface area (Å²) in [6.07, 6.45) is 2.16. The van der Waals surface area contributed by atoms with E-state index in [0.717, 1.165) is 18.6 Å². The molecule has 0 spiro atoms. The van der Waals surface area contributed by atoms with Gasteiger partial charge >= 0.3 is 0 Å². The number of ether oxygens (including phenoxy) is 1. The highest BCUT2D eigenvalue weighted by molar-refractivity contribution is 5.28. The maximum Gasteiger partial charge on any atom is 0.118 e. The standard InChI is InChI=1S/C11H18N2O/c1-3-4-11(13-12)9-5-7-10(14-2)8-6-9/h5-8,11,13H,3-4,12H2,1-2H3/t11-/m0/s1. The number of hydrazine groups is 1. The second kappa shape index (κ2) is 5.62. The summed E-state index contributed by atoms with van der Waals surface area (Å²) in [5.41, 5.74) is 4.02. The van der Waals surface area contributed by atoms with Gasteiger partial charge in [0.05, 0.1) is 7.11 Å². The molecule has 0 radical (unpaired) electrons. The molecule has 1 aromatic carbocycles. The quantitative estimate of drug-likeness (QED) is 0.556. The Hall–Kier alpha value is -1.06. The van der Waals surface area contributed by atoms with E-state index in [1.54, 1.807) is 7.11 Å². The van der Waals surface area contributed by atoms with Crippen molar-refractivity contribution in [3.05, 3.63) is 29.8 Å². The van der Waals surface area contributed by atoms with Crippen LogP contribution in [0.1, 0.15) is 31.4 Å². The minimum absolute atomic E-state index is 0.242.